The summed E-state index contributed by atoms with van der Waals surface area (Å²) in [6.07, 6.45) is 6.26. The van der Waals surface area contributed by atoms with E-state index in [-0.39, 0.29) is 5.91 Å². The van der Waals surface area contributed by atoms with Gasteiger partial charge in [0.2, 0.25) is 0 Å². The molecule has 1 amide bonds. The lowest BCUT2D eigenvalue weighted by Gasteiger charge is -2.22. The molecule has 0 saturated heterocycles. The number of thiophene rings is 1. The maximum Gasteiger partial charge on any atom is 0.254 e. The molecule has 0 unspecified atom stereocenters. The van der Waals surface area contributed by atoms with Crippen LogP contribution in [0.5, 0.6) is 0 Å². The van der Waals surface area contributed by atoms with Crippen molar-refractivity contribution in [2.45, 2.75) is 38.0 Å². The first-order chi connectivity index (χ1) is 7.74. The molecule has 0 bridgehead atoms. The monoisotopic (exact) mass is 238 g/mol. The third kappa shape index (κ3) is 2.07. The van der Waals surface area contributed by atoms with Crippen LogP contribution >= 0.6 is 11.3 Å². The van der Waals surface area contributed by atoms with Gasteiger partial charge in [-0.2, -0.15) is 0 Å². The Labute approximate surface area is 100 Å². The van der Waals surface area contributed by atoms with E-state index < -0.39 is 0 Å². The van der Waals surface area contributed by atoms with Gasteiger partial charge in [0, 0.05) is 7.05 Å². The third-order valence-electron chi connectivity index (χ3n) is 3.35. The molecule has 0 aromatic carbocycles. The van der Waals surface area contributed by atoms with Crippen LogP contribution in [-0.4, -0.2) is 13.0 Å². The summed E-state index contributed by atoms with van der Waals surface area (Å²) in [6, 6.07) is 0. The van der Waals surface area contributed by atoms with E-state index in [1.165, 1.54) is 49.0 Å². The van der Waals surface area contributed by atoms with E-state index in [1.807, 2.05) is 0 Å². The largest absolute Gasteiger partial charge is 0.390 e. The summed E-state index contributed by atoms with van der Waals surface area (Å²) >= 11 is 1.49. The second-order valence-corrected chi connectivity index (χ2v) is 5.26. The zero-order chi connectivity index (χ0) is 11.5. The number of rotatable bonds is 2. The first kappa shape index (κ1) is 11.5. The Kier molecular flexibility index (Phi) is 3.49. The highest BCUT2D eigenvalue weighted by atomic mass is 32.1. The van der Waals surface area contributed by atoms with Crippen LogP contribution in [0, 0.1) is 0 Å². The van der Waals surface area contributed by atoms with E-state index in [2.05, 4.69) is 10.7 Å². The zero-order valence-corrected chi connectivity index (χ0v) is 10.4. The van der Waals surface area contributed by atoms with Crippen LogP contribution in [0.1, 0.15) is 53.9 Å². The topological polar surface area (TPSA) is 55.1 Å². The number of nitrogens with one attached hydrogen (secondary N) is 1. The molecule has 1 saturated carbocycles. The van der Waals surface area contributed by atoms with Gasteiger partial charge in [0.25, 0.3) is 5.91 Å². The quantitative estimate of drug-likeness (QED) is 0.832. The zero-order valence-electron chi connectivity index (χ0n) is 9.58. The van der Waals surface area contributed by atoms with E-state index >= 15 is 0 Å². The number of hydrogen-bond donors (Lipinski definition) is 2. The molecule has 1 heterocycles. The van der Waals surface area contributed by atoms with Crippen LogP contribution in [-0.2, 0) is 0 Å². The Bertz CT molecular complexity index is 380. The number of nitrogen functional groups attached to an aromatic ring is 1. The minimum atomic E-state index is -0.0423. The van der Waals surface area contributed by atoms with Crippen molar-refractivity contribution in [3.05, 3.63) is 16.5 Å². The van der Waals surface area contributed by atoms with Gasteiger partial charge < -0.3 is 11.1 Å². The molecule has 1 aliphatic carbocycles. The fraction of sp³-hybridized carbons (Fsp3) is 0.583. The maximum absolute atomic E-state index is 11.8. The second-order valence-electron chi connectivity index (χ2n) is 4.34. The Balaban J connectivity index is 2.29. The number of anilines is 1. The lowest BCUT2D eigenvalue weighted by atomic mass is 9.83. The smallest absolute Gasteiger partial charge is 0.254 e. The van der Waals surface area contributed by atoms with Crippen molar-refractivity contribution < 1.29 is 4.79 Å². The lowest BCUT2D eigenvalue weighted by Crippen LogP contribution is -2.21. The molecule has 1 aromatic heterocycles. The van der Waals surface area contributed by atoms with E-state index in [4.69, 9.17) is 5.73 Å². The summed E-state index contributed by atoms with van der Waals surface area (Å²) in [4.78, 5) is 11.8. The van der Waals surface area contributed by atoms with Crippen molar-refractivity contribution in [1.29, 1.82) is 0 Å². The van der Waals surface area contributed by atoms with Gasteiger partial charge in [-0.05, 0) is 29.7 Å². The number of carbonyl (C=O) groups excluding carboxylic acids is 1. The molecule has 1 fully saturated rings. The Morgan fingerprint density at radius 1 is 1.44 bits per heavy atom. The molecule has 16 heavy (non-hydrogen) atoms. The van der Waals surface area contributed by atoms with Gasteiger partial charge >= 0.3 is 0 Å². The molecule has 2 rings (SSSR count). The first-order valence-electron chi connectivity index (χ1n) is 5.83. The van der Waals surface area contributed by atoms with Gasteiger partial charge in [0.1, 0.15) is 0 Å². The molecule has 88 valence electrons. The van der Waals surface area contributed by atoms with Gasteiger partial charge in [0.05, 0.1) is 10.6 Å². The van der Waals surface area contributed by atoms with Crippen molar-refractivity contribution in [2.75, 3.05) is 12.8 Å². The van der Waals surface area contributed by atoms with Crippen molar-refractivity contribution in [3.8, 4) is 0 Å². The predicted molar refractivity (Wildman–Crippen MR) is 67.9 cm³/mol. The van der Waals surface area contributed by atoms with Gasteiger partial charge in [-0.3, -0.25) is 4.79 Å². The second kappa shape index (κ2) is 4.87. The summed E-state index contributed by atoms with van der Waals surface area (Å²) in [7, 11) is 1.66. The van der Waals surface area contributed by atoms with Gasteiger partial charge in [-0.25, -0.2) is 0 Å². The van der Waals surface area contributed by atoms with Crippen LogP contribution < -0.4 is 11.1 Å². The number of hydrogen-bond acceptors (Lipinski definition) is 3. The number of amides is 1. The van der Waals surface area contributed by atoms with E-state index in [1.54, 1.807) is 7.05 Å². The van der Waals surface area contributed by atoms with Crippen LogP contribution in [0.2, 0.25) is 0 Å². The predicted octanol–water partition coefficient (Wildman–Crippen LogP) is 2.74. The highest BCUT2D eigenvalue weighted by molar-refractivity contribution is 7.14. The molecule has 3 nitrogen and oxygen atoms in total. The fourth-order valence-electron chi connectivity index (χ4n) is 2.47. The van der Waals surface area contributed by atoms with Crippen molar-refractivity contribution in [2.24, 2.45) is 0 Å². The average Bonchev–Trinajstić information content (AvgIpc) is 2.71. The van der Waals surface area contributed by atoms with E-state index in [0.29, 0.717) is 10.9 Å². The fourth-order valence-corrected chi connectivity index (χ4v) is 3.36. The molecule has 0 atom stereocenters. The Morgan fingerprint density at radius 3 is 2.75 bits per heavy atom. The SMILES string of the molecule is CNC(=O)c1c(C2CCCCC2)csc1N. The Hall–Kier alpha value is -1.03. The summed E-state index contributed by atoms with van der Waals surface area (Å²) in [5, 5.41) is 5.39. The van der Waals surface area contributed by atoms with Gasteiger partial charge in [-0.15, -0.1) is 11.3 Å². The minimum absolute atomic E-state index is 0.0423. The molecular weight excluding hydrogens is 220 g/mol. The van der Waals surface area contributed by atoms with Crippen molar-refractivity contribution >= 4 is 22.2 Å². The molecule has 0 spiro atoms. The van der Waals surface area contributed by atoms with E-state index in [0.717, 1.165) is 5.56 Å². The summed E-state index contributed by atoms with van der Waals surface area (Å²) in [6.45, 7) is 0. The first-order valence-corrected chi connectivity index (χ1v) is 6.71. The number of carbonyl (C=O) groups is 1. The summed E-state index contributed by atoms with van der Waals surface area (Å²) < 4.78 is 0. The average molecular weight is 238 g/mol. The van der Waals surface area contributed by atoms with E-state index in [9.17, 15) is 4.79 Å². The van der Waals surface area contributed by atoms with Gasteiger partial charge in [0.15, 0.2) is 0 Å². The highest BCUT2D eigenvalue weighted by Gasteiger charge is 2.24. The lowest BCUT2D eigenvalue weighted by molar-refractivity contribution is 0.0962. The Morgan fingerprint density at radius 2 is 2.12 bits per heavy atom. The van der Waals surface area contributed by atoms with Crippen molar-refractivity contribution in [3.63, 3.8) is 0 Å². The molecular formula is C12H18N2OS. The highest BCUT2D eigenvalue weighted by Crippen LogP contribution is 2.38. The molecule has 1 aliphatic rings. The van der Waals surface area contributed by atoms with Crippen LogP contribution in [0.4, 0.5) is 5.00 Å². The molecule has 0 aliphatic heterocycles. The molecule has 1 aromatic rings. The van der Waals surface area contributed by atoms with Gasteiger partial charge in [-0.1, -0.05) is 19.3 Å². The minimum Gasteiger partial charge on any atom is -0.390 e. The van der Waals surface area contributed by atoms with Crippen molar-refractivity contribution in [1.82, 2.24) is 5.32 Å². The molecule has 4 heteroatoms. The summed E-state index contributed by atoms with van der Waals surface area (Å²) in [5.41, 5.74) is 7.77. The molecule has 3 N–H and O–H groups in total. The van der Waals surface area contributed by atoms with Crippen LogP contribution in [0.15, 0.2) is 5.38 Å². The third-order valence-corrected chi connectivity index (χ3v) is 4.18. The number of nitrogens with two attached hydrogens (primary N) is 1. The molecule has 0 radical (unpaired) electrons. The normalized spacial score (nSPS) is 17.3. The van der Waals surface area contributed by atoms with Crippen LogP contribution in [0.3, 0.4) is 0 Å². The maximum atomic E-state index is 11.8. The van der Waals surface area contributed by atoms with Crippen LogP contribution in [0.25, 0.3) is 0 Å². The summed E-state index contributed by atoms with van der Waals surface area (Å²) in [5.74, 6) is 0.494. The standard InChI is InChI=1S/C12H18N2OS/c1-14-12(15)10-9(7-16-11(10)13)8-5-3-2-4-6-8/h7-8H,2-6,13H2,1H3,(H,14,15).